The molecule has 3 aromatic rings. The Hall–Kier alpha value is -4.12. The van der Waals surface area contributed by atoms with Gasteiger partial charge in [0.2, 0.25) is 11.8 Å². The molecule has 0 unspecified atom stereocenters. The number of nitrogens with zero attached hydrogens (tertiary/aromatic N) is 2. The molecule has 1 atom stereocenters. The van der Waals surface area contributed by atoms with Crippen LogP contribution in [0, 0.1) is 12.7 Å². The van der Waals surface area contributed by atoms with E-state index in [1.54, 1.807) is 0 Å². The minimum absolute atomic E-state index is 0.0396. The van der Waals surface area contributed by atoms with Crippen molar-refractivity contribution in [2.45, 2.75) is 75.9 Å². The first kappa shape index (κ1) is 33.8. The molecular formula is C34H42FN3O6S. The number of methoxy groups -OCH3 is 2. The number of benzene rings is 3. The summed E-state index contributed by atoms with van der Waals surface area (Å²) in [5.41, 5.74) is 1.94. The van der Waals surface area contributed by atoms with Crippen LogP contribution in [0.25, 0.3) is 0 Å². The summed E-state index contributed by atoms with van der Waals surface area (Å²) in [6.07, 6.45) is 5.30. The molecule has 11 heteroatoms. The molecule has 0 saturated heterocycles. The SMILES string of the molecule is CC[C@H](C(=O)NC1CCCCC1)N(Cc1ccc(C)cc1)C(=O)CN(c1ccc(F)cc1)S(=O)(=O)c1ccc(OC)c(OC)c1. The van der Waals surface area contributed by atoms with Gasteiger partial charge in [-0.1, -0.05) is 56.0 Å². The Balaban J connectivity index is 1.73. The molecule has 0 heterocycles. The van der Waals surface area contributed by atoms with Crippen LogP contribution >= 0.6 is 0 Å². The van der Waals surface area contributed by atoms with E-state index < -0.39 is 34.3 Å². The van der Waals surface area contributed by atoms with E-state index in [0.29, 0.717) is 12.2 Å². The molecule has 3 aromatic carbocycles. The average molecular weight is 640 g/mol. The number of nitrogens with one attached hydrogen (secondary N) is 1. The number of rotatable bonds is 13. The number of carbonyl (C=O) groups excluding carboxylic acids is 2. The van der Waals surface area contributed by atoms with Crippen molar-refractivity contribution in [3.63, 3.8) is 0 Å². The fourth-order valence-corrected chi connectivity index (χ4v) is 7.02. The normalized spacial score (nSPS) is 14.3. The highest BCUT2D eigenvalue weighted by atomic mass is 32.2. The van der Waals surface area contributed by atoms with E-state index in [0.717, 1.165) is 59.7 Å². The third kappa shape index (κ3) is 8.33. The van der Waals surface area contributed by atoms with Gasteiger partial charge >= 0.3 is 0 Å². The molecule has 1 aliphatic rings. The predicted molar refractivity (Wildman–Crippen MR) is 171 cm³/mol. The summed E-state index contributed by atoms with van der Waals surface area (Å²) in [5.74, 6) is -0.870. The van der Waals surface area contributed by atoms with Gasteiger partial charge in [0.1, 0.15) is 18.4 Å². The molecule has 2 amide bonds. The number of hydrogen-bond donors (Lipinski definition) is 1. The van der Waals surface area contributed by atoms with Crippen LogP contribution in [0.1, 0.15) is 56.6 Å². The standard InChI is InChI=1S/C34H42FN3O6S/c1-5-30(34(40)36-27-9-7-6-8-10-27)37(22-25-13-11-24(2)12-14-25)33(39)23-38(28-17-15-26(35)16-18-28)45(41,42)29-19-20-31(43-3)32(21-29)44-4/h11-21,27,30H,5-10,22-23H2,1-4H3,(H,36,40)/t30-/m1/s1. The van der Waals surface area contributed by atoms with Gasteiger partial charge in [-0.15, -0.1) is 0 Å². The molecule has 4 rings (SSSR count). The molecule has 9 nitrogen and oxygen atoms in total. The summed E-state index contributed by atoms with van der Waals surface area (Å²) in [6.45, 7) is 3.27. The van der Waals surface area contributed by atoms with Crippen molar-refractivity contribution in [1.29, 1.82) is 0 Å². The van der Waals surface area contributed by atoms with Crippen molar-refractivity contribution in [3.8, 4) is 11.5 Å². The van der Waals surface area contributed by atoms with Gasteiger partial charge < -0.3 is 19.7 Å². The summed E-state index contributed by atoms with van der Waals surface area (Å²) in [4.78, 5) is 29.3. The molecule has 0 aliphatic heterocycles. The van der Waals surface area contributed by atoms with E-state index >= 15 is 0 Å². The number of amides is 2. The smallest absolute Gasteiger partial charge is 0.264 e. The van der Waals surface area contributed by atoms with Crippen LogP contribution in [0.2, 0.25) is 0 Å². The van der Waals surface area contributed by atoms with Gasteiger partial charge in [0, 0.05) is 18.7 Å². The molecule has 242 valence electrons. The lowest BCUT2D eigenvalue weighted by Crippen LogP contribution is -2.54. The zero-order valence-electron chi connectivity index (χ0n) is 26.3. The Morgan fingerprint density at radius 3 is 2.18 bits per heavy atom. The van der Waals surface area contributed by atoms with Crippen LogP contribution in [0.5, 0.6) is 11.5 Å². The minimum atomic E-state index is -4.38. The molecule has 0 aromatic heterocycles. The van der Waals surface area contributed by atoms with Crippen molar-refractivity contribution in [2.75, 3.05) is 25.1 Å². The lowest BCUT2D eigenvalue weighted by molar-refractivity contribution is -0.140. The highest BCUT2D eigenvalue weighted by molar-refractivity contribution is 7.92. The lowest BCUT2D eigenvalue weighted by Gasteiger charge is -2.34. The molecular weight excluding hydrogens is 597 g/mol. The summed E-state index contributed by atoms with van der Waals surface area (Å²) in [7, 11) is -1.55. The van der Waals surface area contributed by atoms with Gasteiger partial charge in [-0.05, 0) is 68.1 Å². The second kappa shape index (κ2) is 15.2. The number of aryl methyl sites for hydroxylation is 1. The van der Waals surface area contributed by atoms with Crippen LogP contribution < -0.4 is 19.1 Å². The van der Waals surface area contributed by atoms with Gasteiger partial charge in [-0.3, -0.25) is 13.9 Å². The van der Waals surface area contributed by atoms with E-state index in [1.165, 1.54) is 49.5 Å². The molecule has 1 aliphatic carbocycles. The zero-order chi connectivity index (χ0) is 32.6. The topological polar surface area (TPSA) is 105 Å². The summed E-state index contributed by atoms with van der Waals surface area (Å²) in [5, 5.41) is 3.14. The first-order chi connectivity index (χ1) is 21.6. The lowest BCUT2D eigenvalue weighted by atomic mass is 9.95. The number of ether oxygens (including phenoxy) is 2. The van der Waals surface area contributed by atoms with Crippen molar-refractivity contribution < 1.29 is 31.9 Å². The fourth-order valence-electron chi connectivity index (χ4n) is 5.59. The number of anilines is 1. The third-order valence-electron chi connectivity index (χ3n) is 8.15. The first-order valence-corrected chi connectivity index (χ1v) is 16.7. The maximum atomic E-state index is 14.3. The molecule has 1 N–H and O–H groups in total. The minimum Gasteiger partial charge on any atom is -0.493 e. The maximum absolute atomic E-state index is 14.3. The molecule has 0 bridgehead atoms. The van der Waals surface area contributed by atoms with Crippen molar-refractivity contribution >= 4 is 27.5 Å². The average Bonchev–Trinajstić information content (AvgIpc) is 3.04. The van der Waals surface area contributed by atoms with E-state index in [1.807, 2.05) is 38.1 Å². The Morgan fingerprint density at radius 1 is 0.933 bits per heavy atom. The zero-order valence-corrected chi connectivity index (χ0v) is 27.1. The number of carbonyl (C=O) groups is 2. The highest BCUT2D eigenvalue weighted by Gasteiger charge is 2.35. The van der Waals surface area contributed by atoms with Crippen molar-refractivity contribution in [3.05, 3.63) is 83.7 Å². The second-order valence-electron chi connectivity index (χ2n) is 11.3. The molecule has 0 spiro atoms. The van der Waals surface area contributed by atoms with Crippen LogP contribution in [0.3, 0.4) is 0 Å². The molecule has 0 radical (unpaired) electrons. The van der Waals surface area contributed by atoms with Crippen molar-refractivity contribution in [1.82, 2.24) is 10.2 Å². The Morgan fingerprint density at radius 2 is 1.58 bits per heavy atom. The quantitative estimate of drug-likeness (QED) is 0.261. The molecule has 1 saturated carbocycles. The number of hydrogen-bond acceptors (Lipinski definition) is 6. The number of halogens is 1. The monoisotopic (exact) mass is 639 g/mol. The predicted octanol–water partition coefficient (Wildman–Crippen LogP) is 5.60. The van der Waals surface area contributed by atoms with Crippen LogP contribution in [0.4, 0.5) is 10.1 Å². The van der Waals surface area contributed by atoms with E-state index in [9.17, 15) is 22.4 Å². The van der Waals surface area contributed by atoms with Gasteiger partial charge in [-0.2, -0.15) is 0 Å². The Bertz CT molecular complexity index is 1560. The van der Waals surface area contributed by atoms with Crippen LogP contribution in [-0.4, -0.2) is 58.0 Å². The van der Waals surface area contributed by atoms with Crippen LogP contribution in [0.15, 0.2) is 71.6 Å². The highest BCUT2D eigenvalue weighted by Crippen LogP contribution is 2.32. The van der Waals surface area contributed by atoms with E-state index in [2.05, 4.69) is 5.32 Å². The number of sulfonamides is 1. The second-order valence-corrected chi connectivity index (χ2v) is 13.1. The van der Waals surface area contributed by atoms with Gasteiger partial charge in [0.05, 0.1) is 24.8 Å². The van der Waals surface area contributed by atoms with E-state index in [4.69, 9.17) is 9.47 Å². The summed E-state index contributed by atoms with van der Waals surface area (Å²) in [6, 6.07) is 15.8. The Kier molecular flexibility index (Phi) is 11.4. The Labute approximate surface area is 265 Å². The largest absolute Gasteiger partial charge is 0.493 e. The fraction of sp³-hybridized carbons (Fsp3) is 0.412. The maximum Gasteiger partial charge on any atom is 0.264 e. The van der Waals surface area contributed by atoms with Crippen LogP contribution in [-0.2, 0) is 26.2 Å². The summed E-state index contributed by atoms with van der Waals surface area (Å²) >= 11 is 0. The molecule has 45 heavy (non-hydrogen) atoms. The first-order valence-electron chi connectivity index (χ1n) is 15.2. The van der Waals surface area contributed by atoms with Gasteiger partial charge in [0.15, 0.2) is 11.5 Å². The van der Waals surface area contributed by atoms with Gasteiger partial charge in [0.25, 0.3) is 10.0 Å². The third-order valence-corrected chi connectivity index (χ3v) is 9.92. The van der Waals surface area contributed by atoms with Crippen molar-refractivity contribution in [2.24, 2.45) is 0 Å². The summed E-state index contributed by atoms with van der Waals surface area (Å²) < 4.78 is 53.8. The van der Waals surface area contributed by atoms with E-state index in [-0.39, 0.29) is 34.8 Å². The van der Waals surface area contributed by atoms with Gasteiger partial charge in [-0.25, -0.2) is 12.8 Å². The molecule has 1 fully saturated rings.